The van der Waals surface area contributed by atoms with Gasteiger partial charge in [-0.3, -0.25) is 9.79 Å². The highest BCUT2D eigenvalue weighted by atomic mass is 16.5. The molecule has 3 nitrogen and oxygen atoms in total. The van der Waals surface area contributed by atoms with Gasteiger partial charge >= 0.3 is 5.97 Å². The number of esters is 1. The van der Waals surface area contributed by atoms with Crippen molar-refractivity contribution < 1.29 is 9.53 Å². The Bertz CT molecular complexity index is 562. The summed E-state index contributed by atoms with van der Waals surface area (Å²) in [7, 11) is 0. The number of para-hydroxylation sites is 2. The third-order valence-corrected chi connectivity index (χ3v) is 2.45. The van der Waals surface area contributed by atoms with Crippen molar-refractivity contribution in [3.63, 3.8) is 0 Å². The van der Waals surface area contributed by atoms with Crippen molar-refractivity contribution in [3.8, 4) is 5.75 Å². The minimum absolute atomic E-state index is 0.184. The molecule has 0 bridgehead atoms. The summed E-state index contributed by atoms with van der Waals surface area (Å²) < 4.78 is 5.20. The van der Waals surface area contributed by atoms with Crippen molar-refractivity contribution in [2.45, 2.75) is 13.3 Å². The molecule has 0 aliphatic carbocycles. The van der Waals surface area contributed by atoms with Crippen molar-refractivity contribution in [1.82, 2.24) is 0 Å². The minimum Gasteiger partial charge on any atom is -0.426 e. The Morgan fingerprint density at radius 2 is 1.58 bits per heavy atom. The van der Waals surface area contributed by atoms with Gasteiger partial charge < -0.3 is 4.74 Å². The van der Waals surface area contributed by atoms with E-state index in [-0.39, 0.29) is 12.4 Å². The van der Waals surface area contributed by atoms with Crippen LogP contribution in [0.3, 0.4) is 0 Å². The summed E-state index contributed by atoms with van der Waals surface area (Å²) in [6.07, 6.45) is 0.184. The molecule has 0 spiro atoms. The summed E-state index contributed by atoms with van der Waals surface area (Å²) in [6, 6.07) is 18.6. The first-order valence-electron chi connectivity index (χ1n) is 6.09. The van der Waals surface area contributed by atoms with E-state index in [0.29, 0.717) is 5.75 Å². The van der Waals surface area contributed by atoms with E-state index < -0.39 is 0 Å². The van der Waals surface area contributed by atoms with Gasteiger partial charge in [-0.2, -0.15) is 0 Å². The van der Waals surface area contributed by atoms with Gasteiger partial charge in [-0.1, -0.05) is 36.4 Å². The first kappa shape index (κ1) is 13.0. The fraction of sp³-hybridized carbons (Fsp3) is 0.125. The predicted octanol–water partition coefficient (Wildman–Crippen LogP) is 3.77. The maximum Gasteiger partial charge on any atom is 0.316 e. The first-order chi connectivity index (χ1) is 9.24. The molecule has 0 aromatic heterocycles. The molecule has 3 heteroatoms. The molecule has 0 N–H and O–H groups in total. The number of nitrogens with zero attached hydrogens (tertiary/aromatic N) is 1. The fourth-order valence-electron chi connectivity index (χ4n) is 1.63. The van der Waals surface area contributed by atoms with Crippen LogP contribution in [0.25, 0.3) is 0 Å². The summed E-state index contributed by atoms with van der Waals surface area (Å²) >= 11 is 0. The molecule has 0 unspecified atom stereocenters. The Morgan fingerprint density at radius 1 is 1.00 bits per heavy atom. The lowest BCUT2D eigenvalue weighted by molar-refractivity contribution is -0.133. The van der Waals surface area contributed by atoms with Crippen molar-refractivity contribution in [2.24, 2.45) is 4.99 Å². The Kier molecular flexibility index (Phi) is 4.45. The molecule has 0 fully saturated rings. The van der Waals surface area contributed by atoms with E-state index in [1.54, 1.807) is 12.1 Å². The molecular weight excluding hydrogens is 238 g/mol. The quantitative estimate of drug-likeness (QED) is 0.472. The van der Waals surface area contributed by atoms with E-state index in [0.717, 1.165) is 11.4 Å². The van der Waals surface area contributed by atoms with Gasteiger partial charge in [0.25, 0.3) is 0 Å². The third-order valence-electron chi connectivity index (χ3n) is 2.45. The maximum atomic E-state index is 11.7. The predicted molar refractivity (Wildman–Crippen MR) is 75.9 cm³/mol. The number of carbonyl (C=O) groups is 1. The number of rotatable bonds is 4. The Balaban J connectivity index is 1.94. The first-order valence-corrected chi connectivity index (χ1v) is 6.09. The van der Waals surface area contributed by atoms with Gasteiger partial charge in [0.15, 0.2) is 0 Å². The summed E-state index contributed by atoms with van der Waals surface area (Å²) in [5, 5.41) is 0. The summed E-state index contributed by atoms with van der Waals surface area (Å²) in [6.45, 7) is 1.82. The second kappa shape index (κ2) is 6.50. The molecule has 0 atom stereocenters. The average Bonchev–Trinajstić information content (AvgIpc) is 2.40. The van der Waals surface area contributed by atoms with Crippen LogP contribution in [0.5, 0.6) is 5.75 Å². The van der Waals surface area contributed by atoms with Gasteiger partial charge in [-0.25, -0.2) is 0 Å². The van der Waals surface area contributed by atoms with Crippen LogP contribution in [0, 0.1) is 0 Å². The zero-order valence-corrected chi connectivity index (χ0v) is 10.7. The molecule has 0 radical (unpaired) electrons. The highest BCUT2D eigenvalue weighted by Gasteiger charge is 2.06. The lowest BCUT2D eigenvalue weighted by Gasteiger charge is -2.03. The van der Waals surface area contributed by atoms with Crippen LogP contribution in [-0.2, 0) is 4.79 Å². The lowest BCUT2D eigenvalue weighted by Crippen LogP contribution is -2.11. The molecule has 2 aromatic carbocycles. The summed E-state index contributed by atoms with van der Waals surface area (Å²) in [4.78, 5) is 16.1. The van der Waals surface area contributed by atoms with Gasteiger partial charge in [0.05, 0.1) is 12.1 Å². The number of carbonyl (C=O) groups excluding carboxylic acids is 1. The van der Waals surface area contributed by atoms with Gasteiger partial charge in [-0.15, -0.1) is 0 Å². The van der Waals surface area contributed by atoms with Crippen molar-refractivity contribution >= 4 is 17.4 Å². The molecule has 19 heavy (non-hydrogen) atoms. The second-order valence-corrected chi connectivity index (χ2v) is 4.15. The Morgan fingerprint density at radius 3 is 2.21 bits per heavy atom. The largest absolute Gasteiger partial charge is 0.426 e. The van der Waals surface area contributed by atoms with Crippen molar-refractivity contribution in [2.75, 3.05) is 0 Å². The third kappa shape index (κ3) is 4.39. The highest BCUT2D eigenvalue weighted by molar-refractivity contribution is 5.99. The molecule has 0 aliphatic heterocycles. The molecule has 96 valence electrons. The van der Waals surface area contributed by atoms with Crippen molar-refractivity contribution in [1.29, 1.82) is 0 Å². The van der Waals surface area contributed by atoms with E-state index in [1.807, 2.05) is 55.5 Å². The summed E-state index contributed by atoms with van der Waals surface area (Å²) in [5.41, 5.74) is 1.57. The van der Waals surface area contributed by atoms with Crippen LogP contribution in [-0.4, -0.2) is 11.7 Å². The zero-order chi connectivity index (χ0) is 13.5. The molecule has 2 rings (SSSR count). The van der Waals surface area contributed by atoms with Crippen LogP contribution < -0.4 is 4.74 Å². The molecular formula is C16H15NO2. The molecule has 2 aromatic rings. The molecule has 0 amide bonds. The Hall–Kier alpha value is -2.42. The van der Waals surface area contributed by atoms with E-state index in [4.69, 9.17) is 4.74 Å². The highest BCUT2D eigenvalue weighted by Crippen LogP contribution is 2.12. The number of ether oxygens (including phenoxy) is 1. The Labute approximate surface area is 112 Å². The lowest BCUT2D eigenvalue weighted by atomic mass is 10.2. The van der Waals surface area contributed by atoms with Gasteiger partial charge in [0.2, 0.25) is 0 Å². The number of hydrogen-bond acceptors (Lipinski definition) is 3. The van der Waals surface area contributed by atoms with Crippen molar-refractivity contribution in [3.05, 3.63) is 60.7 Å². The summed E-state index contributed by atoms with van der Waals surface area (Å²) in [5.74, 6) is 0.253. The van der Waals surface area contributed by atoms with Crippen LogP contribution in [0.15, 0.2) is 65.7 Å². The number of hydrogen-bond donors (Lipinski definition) is 0. The standard InChI is InChI=1S/C16H15NO2/c1-13(17-14-8-4-2-5-9-14)12-16(18)19-15-10-6-3-7-11-15/h2-11H,12H2,1H3. The van der Waals surface area contributed by atoms with Crippen LogP contribution in [0.2, 0.25) is 0 Å². The molecule has 0 saturated carbocycles. The SMILES string of the molecule is CC(CC(=O)Oc1ccccc1)=Nc1ccccc1. The maximum absolute atomic E-state index is 11.7. The van der Waals surface area contributed by atoms with Gasteiger partial charge in [-0.05, 0) is 31.2 Å². The van der Waals surface area contributed by atoms with E-state index in [9.17, 15) is 4.79 Å². The molecule has 0 saturated heterocycles. The number of aliphatic imine (C=N–C) groups is 1. The van der Waals surface area contributed by atoms with E-state index >= 15 is 0 Å². The zero-order valence-electron chi connectivity index (χ0n) is 10.7. The fourth-order valence-corrected chi connectivity index (χ4v) is 1.63. The van der Waals surface area contributed by atoms with Gasteiger partial charge in [0.1, 0.15) is 5.75 Å². The average molecular weight is 253 g/mol. The normalized spacial score (nSPS) is 11.1. The smallest absolute Gasteiger partial charge is 0.316 e. The molecule has 0 heterocycles. The van der Waals surface area contributed by atoms with Crippen LogP contribution in [0.4, 0.5) is 5.69 Å². The monoisotopic (exact) mass is 253 g/mol. The van der Waals surface area contributed by atoms with E-state index in [1.165, 1.54) is 0 Å². The second-order valence-electron chi connectivity index (χ2n) is 4.15. The number of benzene rings is 2. The topological polar surface area (TPSA) is 38.7 Å². The van der Waals surface area contributed by atoms with Gasteiger partial charge in [0, 0.05) is 5.71 Å². The van der Waals surface area contributed by atoms with E-state index in [2.05, 4.69) is 4.99 Å². The van der Waals surface area contributed by atoms with Crippen LogP contribution >= 0.6 is 0 Å². The van der Waals surface area contributed by atoms with Crippen LogP contribution in [0.1, 0.15) is 13.3 Å². The minimum atomic E-state index is -0.302. The molecule has 0 aliphatic rings.